The molecule has 3 heteroatoms. The van der Waals surface area contributed by atoms with Crippen molar-refractivity contribution in [3.63, 3.8) is 0 Å². The number of unbranched alkanes of at least 4 members (excludes halogenated alkanes) is 1. The number of nitrogens with zero attached hydrogens (tertiary/aromatic N) is 1. The highest BCUT2D eigenvalue weighted by Gasteiger charge is 2.50. The molecule has 1 atom stereocenters. The first-order valence-electron chi connectivity index (χ1n) is 12.8. The molecule has 1 heterocycles. The summed E-state index contributed by atoms with van der Waals surface area (Å²) < 4.78 is 14.0. The minimum Gasteiger partial charge on any atom is -0.380 e. The lowest BCUT2D eigenvalue weighted by Gasteiger charge is -2.57. The van der Waals surface area contributed by atoms with Crippen LogP contribution in [-0.4, -0.2) is 17.3 Å². The van der Waals surface area contributed by atoms with Gasteiger partial charge in [-0.05, 0) is 105 Å². The number of hydrogen-bond acceptors (Lipinski definition) is 2. The van der Waals surface area contributed by atoms with Crippen molar-refractivity contribution < 1.29 is 4.39 Å². The molecule has 7 rings (SSSR count). The van der Waals surface area contributed by atoms with Crippen molar-refractivity contribution in [3.05, 3.63) is 65.0 Å². The molecule has 0 spiro atoms. The highest BCUT2D eigenvalue weighted by molar-refractivity contribution is 6.14. The van der Waals surface area contributed by atoms with Crippen molar-refractivity contribution >= 4 is 11.4 Å². The van der Waals surface area contributed by atoms with E-state index in [0.29, 0.717) is 5.54 Å². The van der Waals surface area contributed by atoms with Gasteiger partial charge in [0.05, 0.1) is 11.8 Å². The van der Waals surface area contributed by atoms with Gasteiger partial charge >= 0.3 is 0 Å². The molecule has 168 valence electrons. The van der Waals surface area contributed by atoms with E-state index in [1.54, 1.807) is 12.1 Å². The summed E-state index contributed by atoms with van der Waals surface area (Å²) >= 11 is 0. The van der Waals surface area contributed by atoms with Crippen molar-refractivity contribution in [3.8, 4) is 0 Å². The van der Waals surface area contributed by atoms with Crippen LogP contribution in [0, 0.1) is 23.6 Å². The van der Waals surface area contributed by atoms with Crippen LogP contribution in [0.25, 0.3) is 0 Å². The predicted molar refractivity (Wildman–Crippen MR) is 130 cm³/mol. The van der Waals surface area contributed by atoms with E-state index in [1.807, 2.05) is 6.07 Å². The van der Waals surface area contributed by atoms with Crippen LogP contribution in [0.15, 0.2) is 47.5 Å². The first-order valence-corrected chi connectivity index (χ1v) is 12.8. The number of aliphatic imine (C=N–C) groups is 1. The van der Waals surface area contributed by atoms with Crippen LogP contribution < -0.4 is 5.32 Å². The smallest absolute Gasteiger partial charge is 0.123 e. The maximum Gasteiger partial charge on any atom is 0.123 e. The van der Waals surface area contributed by atoms with Crippen LogP contribution >= 0.6 is 0 Å². The molecule has 0 saturated heterocycles. The quantitative estimate of drug-likeness (QED) is 0.517. The normalized spacial score (nSPS) is 32.5. The van der Waals surface area contributed by atoms with E-state index in [1.165, 1.54) is 57.1 Å². The Morgan fingerprint density at radius 3 is 2.31 bits per heavy atom. The van der Waals surface area contributed by atoms with Gasteiger partial charge in [0.1, 0.15) is 5.82 Å². The largest absolute Gasteiger partial charge is 0.380 e. The fraction of sp³-hybridized carbons (Fsp3) is 0.552. The molecule has 0 aromatic heterocycles. The lowest BCUT2D eigenvalue weighted by atomic mass is 9.53. The van der Waals surface area contributed by atoms with Crippen LogP contribution in [0.2, 0.25) is 0 Å². The van der Waals surface area contributed by atoms with Gasteiger partial charge in [-0.3, -0.25) is 4.99 Å². The van der Waals surface area contributed by atoms with E-state index >= 15 is 0 Å². The maximum atomic E-state index is 14.0. The number of rotatable bonds is 6. The molecule has 4 aliphatic carbocycles. The van der Waals surface area contributed by atoms with Crippen LogP contribution in [0.3, 0.4) is 0 Å². The van der Waals surface area contributed by atoms with Crippen molar-refractivity contribution in [2.24, 2.45) is 22.7 Å². The van der Waals surface area contributed by atoms with Gasteiger partial charge in [-0.2, -0.15) is 0 Å². The Labute approximate surface area is 191 Å². The molecule has 4 fully saturated rings. The zero-order valence-corrected chi connectivity index (χ0v) is 19.2. The van der Waals surface area contributed by atoms with Gasteiger partial charge in [-0.1, -0.05) is 31.9 Å². The highest BCUT2D eigenvalue weighted by atomic mass is 19.1. The number of anilines is 1. The molecule has 1 N–H and O–H groups in total. The Hall–Kier alpha value is -2.16. The summed E-state index contributed by atoms with van der Waals surface area (Å²) in [5.74, 6) is 2.69. The zero-order chi connectivity index (χ0) is 21.7. The predicted octanol–water partition coefficient (Wildman–Crippen LogP) is 7.16. The van der Waals surface area contributed by atoms with E-state index in [4.69, 9.17) is 4.99 Å². The molecule has 0 amide bonds. The van der Waals surface area contributed by atoms with Gasteiger partial charge in [0.25, 0.3) is 0 Å². The van der Waals surface area contributed by atoms with Gasteiger partial charge in [0.2, 0.25) is 0 Å². The minimum absolute atomic E-state index is 0.144. The van der Waals surface area contributed by atoms with Gasteiger partial charge in [-0.15, -0.1) is 0 Å². The summed E-state index contributed by atoms with van der Waals surface area (Å²) in [5.41, 5.74) is 5.96. The third-order valence-electron chi connectivity index (χ3n) is 8.59. The second kappa shape index (κ2) is 8.01. The molecule has 2 nitrogen and oxygen atoms in total. The van der Waals surface area contributed by atoms with Crippen LogP contribution in [-0.2, 0) is 6.42 Å². The Morgan fingerprint density at radius 2 is 1.66 bits per heavy atom. The third-order valence-corrected chi connectivity index (χ3v) is 8.59. The van der Waals surface area contributed by atoms with Crippen molar-refractivity contribution in [2.75, 3.05) is 5.32 Å². The standard InChI is InChI=1S/C29H35FN2/c1-2-3-4-26-15-23-14-24(30)7-10-27(23)28(31-26)22-5-8-25(9-6-22)32-29-16-19-11-20(17-29)13-21(12-19)18-29/h5-10,14,19-21,26,32H,2-4,11-13,15-18H2,1H3/t19?,20?,21?,26-,29?/m1/s1. The maximum absolute atomic E-state index is 14.0. The van der Waals surface area contributed by atoms with E-state index in [2.05, 4.69) is 36.5 Å². The lowest BCUT2D eigenvalue weighted by Crippen LogP contribution is -2.54. The van der Waals surface area contributed by atoms with Crippen molar-refractivity contribution in [1.82, 2.24) is 0 Å². The number of hydrogen-bond donors (Lipinski definition) is 1. The molecule has 0 unspecified atom stereocenters. The molecule has 2 aromatic rings. The monoisotopic (exact) mass is 430 g/mol. The second-order valence-corrected chi connectivity index (χ2v) is 11.2. The molecular weight excluding hydrogens is 395 g/mol. The van der Waals surface area contributed by atoms with Gasteiger partial charge in [-0.25, -0.2) is 4.39 Å². The minimum atomic E-state index is -0.144. The van der Waals surface area contributed by atoms with Crippen LogP contribution in [0.4, 0.5) is 10.1 Å². The summed E-state index contributed by atoms with van der Waals surface area (Å²) in [4.78, 5) is 5.14. The summed E-state index contributed by atoms with van der Waals surface area (Å²) in [7, 11) is 0. The van der Waals surface area contributed by atoms with Gasteiger partial charge in [0, 0.05) is 22.4 Å². The van der Waals surface area contributed by atoms with Gasteiger partial charge < -0.3 is 5.32 Å². The number of halogens is 1. The first-order chi connectivity index (χ1) is 15.6. The highest BCUT2D eigenvalue weighted by Crippen LogP contribution is 2.56. The molecule has 5 aliphatic rings. The topological polar surface area (TPSA) is 24.4 Å². The molecule has 0 radical (unpaired) electrons. The Morgan fingerprint density at radius 1 is 0.969 bits per heavy atom. The lowest BCUT2D eigenvalue weighted by molar-refractivity contribution is 0.0107. The fourth-order valence-corrected chi connectivity index (χ4v) is 7.63. The summed E-state index contributed by atoms with van der Waals surface area (Å²) in [6.07, 6.45) is 12.7. The second-order valence-electron chi connectivity index (χ2n) is 11.2. The van der Waals surface area contributed by atoms with Crippen LogP contribution in [0.1, 0.15) is 81.4 Å². The summed E-state index contributed by atoms with van der Waals surface area (Å²) in [6.45, 7) is 2.22. The Bertz CT molecular complexity index is 987. The number of nitrogens with one attached hydrogen (secondary N) is 1. The van der Waals surface area contributed by atoms with E-state index in [-0.39, 0.29) is 11.9 Å². The zero-order valence-electron chi connectivity index (χ0n) is 19.2. The molecular formula is C29H35FN2. The van der Waals surface area contributed by atoms with E-state index in [9.17, 15) is 4.39 Å². The summed E-state index contributed by atoms with van der Waals surface area (Å²) in [5, 5.41) is 3.99. The Kier molecular flexibility index (Phi) is 5.12. The SMILES string of the molecule is CCCC[C@@H]1Cc2cc(F)ccc2C(c2ccc(NC34CC5CC(CC(C5)C3)C4)cc2)=N1. The average molecular weight is 431 g/mol. The van der Waals surface area contributed by atoms with E-state index in [0.717, 1.165) is 53.0 Å². The molecule has 4 saturated carbocycles. The van der Waals surface area contributed by atoms with Crippen molar-refractivity contribution in [2.45, 2.75) is 82.7 Å². The fourth-order valence-electron chi connectivity index (χ4n) is 7.63. The molecule has 32 heavy (non-hydrogen) atoms. The van der Waals surface area contributed by atoms with Gasteiger partial charge in [0.15, 0.2) is 0 Å². The third kappa shape index (κ3) is 3.78. The first kappa shape index (κ1) is 20.4. The van der Waals surface area contributed by atoms with Crippen LogP contribution in [0.5, 0.6) is 0 Å². The molecule has 2 aromatic carbocycles. The number of fused-ring (bicyclic) bond motifs is 1. The van der Waals surface area contributed by atoms with Crippen molar-refractivity contribution in [1.29, 1.82) is 0 Å². The summed E-state index contributed by atoms with van der Waals surface area (Å²) in [6, 6.07) is 14.4. The molecule has 1 aliphatic heterocycles. The Balaban J connectivity index is 1.25. The number of benzene rings is 2. The average Bonchev–Trinajstić information content (AvgIpc) is 2.76. The van der Waals surface area contributed by atoms with E-state index < -0.39 is 0 Å². The molecule has 4 bridgehead atoms.